The minimum atomic E-state index is -2.74. The summed E-state index contributed by atoms with van der Waals surface area (Å²) in [5.74, 6) is -6.38. The fourth-order valence-electron chi connectivity index (χ4n) is 7.39. The van der Waals surface area contributed by atoms with Crippen LogP contribution in [0, 0.1) is 11.8 Å². The molecular formula is C35H42N4O10. The number of phenolic OH excluding ortho intramolecular Hbond substituents is 1. The molecule has 0 fully saturated rings. The highest BCUT2D eigenvalue weighted by atomic mass is 16.6. The molecule has 0 radical (unpaired) electrons. The predicted octanol–water partition coefficient (Wildman–Crippen LogP) is 2.61. The van der Waals surface area contributed by atoms with Gasteiger partial charge in [-0.3, -0.25) is 19.3 Å². The lowest BCUT2D eigenvalue weighted by Gasteiger charge is -2.50. The number of nitrogens with zero attached hydrogens (tertiary/aromatic N) is 3. The average Bonchev–Trinajstić information content (AvgIpc) is 3.03. The minimum Gasteiger partial charge on any atom is -0.510 e. The highest BCUT2D eigenvalue weighted by Gasteiger charge is 2.63. The topological polar surface area (TPSA) is 203 Å². The molecule has 0 spiro atoms. The quantitative estimate of drug-likeness (QED) is 0.243. The number of likely N-dealkylation sites (N-methyl/N-ethyl adjacent to an activating group) is 1. The monoisotopic (exact) mass is 678 g/mol. The van der Waals surface area contributed by atoms with E-state index in [0.717, 1.165) is 0 Å². The number of rotatable bonds is 9. The summed E-state index contributed by atoms with van der Waals surface area (Å²) < 4.78 is 10.7. The van der Waals surface area contributed by atoms with Gasteiger partial charge in [-0.2, -0.15) is 0 Å². The van der Waals surface area contributed by atoms with Gasteiger partial charge < -0.3 is 45.4 Å². The molecule has 2 aromatic rings. The van der Waals surface area contributed by atoms with Gasteiger partial charge in [0.15, 0.2) is 11.4 Å². The number of phenols is 1. The zero-order valence-corrected chi connectivity index (χ0v) is 28.3. The Morgan fingerprint density at radius 1 is 1.04 bits per heavy atom. The summed E-state index contributed by atoms with van der Waals surface area (Å²) >= 11 is 0. The van der Waals surface area contributed by atoms with Crippen molar-refractivity contribution in [2.45, 2.75) is 44.4 Å². The van der Waals surface area contributed by atoms with Crippen LogP contribution in [0.4, 0.5) is 10.5 Å². The highest BCUT2D eigenvalue weighted by molar-refractivity contribution is 6.25. The van der Waals surface area contributed by atoms with E-state index in [-0.39, 0.29) is 48.4 Å². The van der Waals surface area contributed by atoms with Crippen LogP contribution in [0.1, 0.15) is 41.3 Å². The number of amides is 2. The lowest BCUT2D eigenvalue weighted by Crippen LogP contribution is -2.63. The van der Waals surface area contributed by atoms with Gasteiger partial charge in [0.1, 0.15) is 34.3 Å². The molecule has 3 aliphatic carbocycles. The third-order valence-electron chi connectivity index (χ3n) is 9.64. The fraction of sp³-hybridized carbons (Fsp3) is 0.429. The summed E-state index contributed by atoms with van der Waals surface area (Å²) in [5, 5.41) is 46.2. The molecule has 0 unspecified atom stereocenters. The third-order valence-corrected chi connectivity index (χ3v) is 9.64. The van der Waals surface area contributed by atoms with Crippen LogP contribution in [0.2, 0.25) is 0 Å². The first-order valence-electron chi connectivity index (χ1n) is 15.9. The number of hydrogen-bond acceptors (Lipinski definition) is 12. The number of anilines is 1. The van der Waals surface area contributed by atoms with Crippen LogP contribution in [0.25, 0.3) is 0 Å². The largest absolute Gasteiger partial charge is 0.510 e. The molecule has 0 aliphatic heterocycles. The first kappa shape index (κ1) is 35.2. The maximum absolute atomic E-state index is 14.4. The van der Waals surface area contributed by atoms with Crippen LogP contribution in [-0.2, 0) is 22.6 Å². The number of allylic oxidation sites excluding steroid dienone is 1. The molecule has 3 aliphatic rings. The Bertz CT molecular complexity index is 1780. The smallest absolute Gasteiger partial charge is 0.415 e. The van der Waals surface area contributed by atoms with E-state index in [1.54, 1.807) is 63.4 Å². The molecule has 0 aromatic heterocycles. The van der Waals surface area contributed by atoms with E-state index in [0.29, 0.717) is 23.4 Å². The number of Topliss-reactive ketones (excluding diaryl/α,β-unsaturated/α-hetero) is 2. The Labute approximate surface area is 283 Å². The molecular weight excluding hydrogens is 636 g/mol. The molecule has 49 heavy (non-hydrogen) atoms. The van der Waals surface area contributed by atoms with Crippen molar-refractivity contribution in [3.05, 3.63) is 69.7 Å². The SMILES string of the molecule is CCCN(Cc1cc(N(C)C)c2c(c1O)C(=O)C1=C(O)[C@]3(O)C(=O)C(C(N)=O)=C(O)[C@@H](N(C)C)[C@@H]3C[C@@H]1C2)C(=O)Oc1ccc(OC)cc1. The Kier molecular flexibility index (Phi) is 9.41. The van der Waals surface area contributed by atoms with Crippen LogP contribution in [0.15, 0.2) is 53.0 Å². The van der Waals surface area contributed by atoms with E-state index < -0.39 is 69.9 Å². The van der Waals surface area contributed by atoms with Gasteiger partial charge >= 0.3 is 6.09 Å². The average molecular weight is 679 g/mol. The summed E-state index contributed by atoms with van der Waals surface area (Å²) in [6.45, 7) is 2.00. The van der Waals surface area contributed by atoms with Crippen LogP contribution in [-0.4, -0.2) is 107 Å². The van der Waals surface area contributed by atoms with E-state index in [9.17, 15) is 39.6 Å². The van der Waals surface area contributed by atoms with Crippen molar-refractivity contribution in [2.24, 2.45) is 17.6 Å². The number of primary amides is 1. The van der Waals surface area contributed by atoms with Crippen molar-refractivity contribution < 1.29 is 49.1 Å². The van der Waals surface area contributed by atoms with Gasteiger partial charge in [0.05, 0.1) is 25.3 Å². The van der Waals surface area contributed by atoms with Gasteiger partial charge in [0.25, 0.3) is 5.91 Å². The summed E-state index contributed by atoms with van der Waals surface area (Å²) in [4.78, 5) is 58.2. The summed E-state index contributed by atoms with van der Waals surface area (Å²) in [6, 6.07) is 7.07. The zero-order valence-electron chi connectivity index (χ0n) is 28.3. The molecule has 2 aromatic carbocycles. The molecule has 0 saturated carbocycles. The fourth-order valence-corrected chi connectivity index (χ4v) is 7.39. The normalized spacial score (nSPS) is 23.1. The number of nitrogens with two attached hydrogens (primary N) is 1. The number of carbonyl (C=O) groups is 4. The van der Waals surface area contributed by atoms with Crippen molar-refractivity contribution in [1.82, 2.24) is 9.80 Å². The standard InChI is InChI=1S/C35H42N4O10/c1-7-12-39(34(46)49-20-10-8-19(48-6)9-11-20)16-18-15-23(37(2)3)21-13-17-14-22-27(38(4)5)30(42)26(33(36)45)32(44)35(22,47)31(43)24(17)29(41)25(21)28(18)40/h8-11,15,17,22,27,40,42-43,47H,7,12-14,16H2,1-6H3,(H2,36,45)/t17-,22-,27-,35-/m0/s1. The van der Waals surface area contributed by atoms with Crippen molar-refractivity contribution in [3.8, 4) is 17.2 Å². The maximum Gasteiger partial charge on any atom is 0.415 e. The van der Waals surface area contributed by atoms with Crippen molar-refractivity contribution in [1.29, 1.82) is 0 Å². The number of aromatic hydroxyl groups is 1. The Morgan fingerprint density at radius 2 is 1.67 bits per heavy atom. The number of aliphatic hydroxyl groups excluding tert-OH is 2. The molecule has 262 valence electrons. The molecule has 0 heterocycles. The van der Waals surface area contributed by atoms with Gasteiger partial charge in [-0.15, -0.1) is 0 Å². The molecule has 14 nitrogen and oxygen atoms in total. The summed E-state index contributed by atoms with van der Waals surface area (Å²) in [5.41, 5.74) is 2.70. The molecule has 14 heteroatoms. The van der Waals surface area contributed by atoms with Crippen LogP contribution < -0.4 is 20.1 Å². The lowest BCUT2D eigenvalue weighted by molar-refractivity contribution is -0.148. The Morgan fingerprint density at radius 3 is 2.22 bits per heavy atom. The van der Waals surface area contributed by atoms with Gasteiger partial charge in [-0.05, 0) is 75.2 Å². The number of carbonyl (C=O) groups excluding carboxylic acids is 4. The van der Waals surface area contributed by atoms with Gasteiger partial charge in [-0.25, -0.2) is 4.79 Å². The first-order chi connectivity index (χ1) is 23.1. The predicted molar refractivity (Wildman–Crippen MR) is 178 cm³/mol. The second kappa shape index (κ2) is 13.1. The lowest BCUT2D eigenvalue weighted by atomic mass is 9.58. The zero-order chi connectivity index (χ0) is 36.1. The number of methoxy groups -OCH3 is 1. The minimum absolute atomic E-state index is 0.0252. The first-order valence-corrected chi connectivity index (χ1v) is 15.9. The number of hydrogen-bond donors (Lipinski definition) is 5. The summed E-state index contributed by atoms with van der Waals surface area (Å²) in [6.07, 6.45) is -0.0169. The van der Waals surface area contributed by atoms with Crippen molar-refractivity contribution in [2.75, 3.05) is 46.7 Å². The molecule has 0 saturated heterocycles. The second-order valence-electron chi connectivity index (χ2n) is 13.1. The Hall–Kier alpha value is -5.08. The number of fused-ring (bicyclic) bond motifs is 3. The van der Waals surface area contributed by atoms with Gasteiger partial charge in [0, 0.05) is 43.4 Å². The van der Waals surface area contributed by atoms with Crippen LogP contribution in [0.3, 0.4) is 0 Å². The van der Waals surface area contributed by atoms with E-state index >= 15 is 0 Å². The van der Waals surface area contributed by atoms with E-state index in [1.165, 1.54) is 16.9 Å². The number of benzene rings is 2. The highest BCUT2D eigenvalue weighted by Crippen LogP contribution is 2.53. The van der Waals surface area contributed by atoms with Crippen molar-refractivity contribution >= 4 is 29.3 Å². The van der Waals surface area contributed by atoms with E-state index in [2.05, 4.69) is 0 Å². The van der Waals surface area contributed by atoms with Crippen LogP contribution >= 0.6 is 0 Å². The molecule has 5 rings (SSSR count). The van der Waals surface area contributed by atoms with Gasteiger partial charge in [0.2, 0.25) is 5.78 Å². The maximum atomic E-state index is 14.4. The van der Waals surface area contributed by atoms with Crippen molar-refractivity contribution in [3.63, 3.8) is 0 Å². The van der Waals surface area contributed by atoms with E-state index in [1.807, 2.05) is 6.92 Å². The van der Waals surface area contributed by atoms with Gasteiger partial charge in [-0.1, -0.05) is 6.92 Å². The molecule has 6 N–H and O–H groups in total. The summed E-state index contributed by atoms with van der Waals surface area (Å²) in [7, 11) is 8.20. The molecule has 4 atom stereocenters. The number of ether oxygens (including phenoxy) is 2. The number of aliphatic hydroxyl groups is 3. The third kappa shape index (κ3) is 5.74. The van der Waals surface area contributed by atoms with E-state index in [4.69, 9.17) is 15.2 Å². The Balaban J connectivity index is 1.59. The molecule has 2 amide bonds. The number of ketones is 2. The second-order valence-corrected chi connectivity index (χ2v) is 13.1. The molecule has 0 bridgehead atoms. The van der Waals surface area contributed by atoms with Crippen LogP contribution in [0.5, 0.6) is 17.2 Å².